The van der Waals surface area contributed by atoms with Gasteiger partial charge in [-0.3, -0.25) is 17.6 Å². The van der Waals surface area contributed by atoms with Crippen molar-refractivity contribution in [2.75, 3.05) is 19.4 Å². The second-order valence-corrected chi connectivity index (χ2v) is 7.99. The Kier molecular flexibility index (Phi) is 8.46. The van der Waals surface area contributed by atoms with Crippen LogP contribution in [0.1, 0.15) is 13.8 Å². The quantitative estimate of drug-likeness (QED) is 0.254. The molecule has 0 aromatic heterocycles. The normalized spacial score (nSPS) is 16.8. The second-order valence-electron chi connectivity index (χ2n) is 3.66. The third-order valence-electron chi connectivity index (χ3n) is 1.98. The summed E-state index contributed by atoms with van der Waals surface area (Å²) in [5, 5.41) is 0. The van der Waals surface area contributed by atoms with Gasteiger partial charge in [0.15, 0.2) is 6.10 Å². The molecule has 0 spiro atoms. The Morgan fingerprint density at radius 2 is 1.91 bits per heavy atom. The molecule has 0 saturated carbocycles. The highest BCUT2D eigenvalue weighted by Gasteiger charge is 2.47. The number of alkyl halides is 3. The monoisotopic (exact) mass is 390 g/mol. The summed E-state index contributed by atoms with van der Waals surface area (Å²) < 4.78 is 86.8. The SMILES string of the molecule is CCOC(=O)C(C)OP(=O)(CCOS(=O)(=O)C(F)(F)F)OP. The van der Waals surface area contributed by atoms with Gasteiger partial charge >= 0.3 is 29.2 Å². The van der Waals surface area contributed by atoms with Crippen LogP contribution < -0.4 is 0 Å². The van der Waals surface area contributed by atoms with Gasteiger partial charge in [0.2, 0.25) is 0 Å². The maximum absolute atomic E-state index is 12.0. The van der Waals surface area contributed by atoms with Gasteiger partial charge in [0.25, 0.3) is 0 Å². The first-order valence-corrected chi connectivity index (χ1v) is 9.27. The Labute approximate surface area is 127 Å². The number of hydrogen-bond acceptors (Lipinski definition) is 8. The zero-order valence-electron chi connectivity index (χ0n) is 11.5. The van der Waals surface area contributed by atoms with Crippen molar-refractivity contribution < 1.29 is 48.7 Å². The summed E-state index contributed by atoms with van der Waals surface area (Å²) in [6.07, 6.45) is -2.15. The Bertz CT molecular complexity index is 520. The molecule has 0 fully saturated rings. The van der Waals surface area contributed by atoms with E-state index >= 15 is 0 Å². The van der Waals surface area contributed by atoms with Crippen LogP contribution in [-0.4, -0.2) is 45.4 Å². The molecule has 0 saturated heterocycles. The van der Waals surface area contributed by atoms with E-state index in [-0.39, 0.29) is 6.61 Å². The van der Waals surface area contributed by atoms with Crippen LogP contribution in [0.25, 0.3) is 0 Å². The summed E-state index contributed by atoms with van der Waals surface area (Å²) in [5.74, 6) is -0.867. The lowest BCUT2D eigenvalue weighted by Gasteiger charge is -2.19. The van der Waals surface area contributed by atoms with Crippen molar-refractivity contribution in [1.29, 1.82) is 0 Å². The molecular formula is C8H15F3O8P2S. The highest BCUT2D eigenvalue weighted by molar-refractivity contribution is 7.87. The van der Waals surface area contributed by atoms with Gasteiger partial charge in [-0.1, -0.05) is 0 Å². The van der Waals surface area contributed by atoms with Crippen LogP contribution in [0.2, 0.25) is 0 Å². The smallest absolute Gasteiger partial charge is 0.464 e. The first kappa shape index (κ1) is 21.8. The van der Waals surface area contributed by atoms with E-state index in [0.717, 1.165) is 0 Å². The van der Waals surface area contributed by atoms with Gasteiger partial charge in [0.1, 0.15) is 0 Å². The Morgan fingerprint density at radius 3 is 2.32 bits per heavy atom. The fourth-order valence-corrected chi connectivity index (χ4v) is 3.17. The van der Waals surface area contributed by atoms with Gasteiger partial charge < -0.3 is 4.74 Å². The molecule has 14 heteroatoms. The van der Waals surface area contributed by atoms with Crippen LogP contribution in [-0.2, 0) is 37.2 Å². The fraction of sp³-hybridized carbons (Fsp3) is 0.875. The standard InChI is InChI=1S/C8H15F3O8P2S/c1-3-16-7(12)6(2)18-21(13,19-20)5-4-17-22(14,15)8(9,10)11/h6H,3-5,20H2,1-2H3. The maximum atomic E-state index is 12.0. The molecule has 22 heavy (non-hydrogen) atoms. The Morgan fingerprint density at radius 1 is 1.36 bits per heavy atom. The van der Waals surface area contributed by atoms with E-state index in [1.807, 2.05) is 0 Å². The Hall–Kier alpha value is -0.250. The molecule has 0 amide bonds. The van der Waals surface area contributed by atoms with E-state index in [2.05, 4.69) is 13.2 Å². The van der Waals surface area contributed by atoms with Crippen LogP contribution >= 0.6 is 17.1 Å². The Balaban J connectivity index is 4.66. The predicted molar refractivity (Wildman–Crippen MR) is 71.4 cm³/mol. The van der Waals surface area contributed by atoms with Gasteiger partial charge in [-0.25, -0.2) is 4.79 Å². The summed E-state index contributed by atoms with van der Waals surface area (Å²) in [6, 6.07) is 0. The average Bonchev–Trinajstić information content (AvgIpc) is 2.37. The molecule has 132 valence electrons. The van der Waals surface area contributed by atoms with E-state index in [9.17, 15) is 30.9 Å². The number of ether oxygens (including phenoxy) is 1. The molecular weight excluding hydrogens is 375 g/mol. The number of carbonyl (C=O) groups is 1. The van der Waals surface area contributed by atoms with Crippen molar-refractivity contribution in [2.24, 2.45) is 0 Å². The van der Waals surface area contributed by atoms with E-state index in [0.29, 0.717) is 0 Å². The zero-order chi connectivity index (χ0) is 17.6. The van der Waals surface area contributed by atoms with Crippen molar-refractivity contribution in [1.82, 2.24) is 0 Å². The van der Waals surface area contributed by atoms with Gasteiger partial charge in [-0.2, -0.15) is 21.6 Å². The van der Waals surface area contributed by atoms with Gasteiger partial charge in [-0.05, 0) is 13.8 Å². The molecule has 8 nitrogen and oxygen atoms in total. The van der Waals surface area contributed by atoms with Crippen LogP contribution in [0.15, 0.2) is 0 Å². The predicted octanol–water partition coefficient (Wildman–Crippen LogP) is 1.82. The highest BCUT2D eigenvalue weighted by atomic mass is 32.2. The summed E-state index contributed by atoms with van der Waals surface area (Å²) in [7, 11) is -8.32. The minimum atomic E-state index is -5.81. The van der Waals surface area contributed by atoms with Crippen molar-refractivity contribution in [3.05, 3.63) is 0 Å². The minimum absolute atomic E-state index is 0.0332. The summed E-state index contributed by atoms with van der Waals surface area (Å²) in [4.78, 5) is 11.3. The molecule has 0 aliphatic carbocycles. The van der Waals surface area contributed by atoms with Crippen molar-refractivity contribution in [3.63, 3.8) is 0 Å². The molecule has 0 bridgehead atoms. The zero-order valence-corrected chi connectivity index (χ0v) is 14.4. The lowest BCUT2D eigenvalue weighted by molar-refractivity contribution is -0.150. The molecule has 0 aromatic carbocycles. The van der Waals surface area contributed by atoms with Crippen LogP contribution in [0.5, 0.6) is 0 Å². The molecule has 0 radical (unpaired) electrons. The third kappa shape index (κ3) is 6.89. The lowest BCUT2D eigenvalue weighted by atomic mass is 10.4. The first-order valence-electron chi connectivity index (χ1n) is 5.67. The molecule has 3 atom stereocenters. The molecule has 0 aliphatic heterocycles. The number of hydrogen-bond donors (Lipinski definition) is 0. The summed E-state index contributed by atoms with van der Waals surface area (Å²) in [5.41, 5.74) is -5.60. The summed E-state index contributed by atoms with van der Waals surface area (Å²) >= 11 is 0. The largest absolute Gasteiger partial charge is 0.523 e. The van der Waals surface area contributed by atoms with Gasteiger partial charge in [0.05, 0.1) is 19.4 Å². The van der Waals surface area contributed by atoms with Crippen LogP contribution in [0.4, 0.5) is 13.2 Å². The molecule has 0 rings (SSSR count). The minimum Gasteiger partial charge on any atom is -0.464 e. The van der Waals surface area contributed by atoms with Crippen LogP contribution in [0, 0.1) is 0 Å². The maximum Gasteiger partial charge on any atom is 0.523 e. The summed E-state index contributed by atoms with van der Waals surface area (Å²) in [6.45, 7) is 1.63. The van der Waals surface area contributed by atoms with Crippen molar-refractivity contribution >= 4 is 33.1 Å². The molecule has 0 N–H and O–H groups in total. The van der Waals surface area contributed by atoms with Crippen molar-refractivity contribution in [3.8, 4) is 0 Å². The third-order valence-corrected chi connectivity index (χ3v) is 5.68. The second kappa shape index (κ2) is 8.56. The number of esters is 1. The van der Waals surface area contributed by atoms with E-state index in [1.165, 1.54) is 13.8 Å². The van der Waals surface area contributed by atoms with Crippen LogP contribution in [0.3, 0.4) is 0 Å². The van der Waals surface area contributed by atoms with Crippen molar-refractivity contribution in [2.45, 2.75) is 25.5 Å². The fourth-order valence-electron chi connectivity index (χ4n) is 0.999. The molecule has 3 unspecified atom stereocenters. The van der Waals surface area contributed by atoms with E-state index < -0.39 is 48.1 Å². The van der Waals surface area contributed by atoms with E-state index in [1.54, 1.807) is 9.47 Å². The van der Waals surface area contributed by atoms with E-state index in [4.69, 9.17) is 4.52 Å². The number of carbonyl (C=O) groups excluding carboxylic acids is 1. The molecule has 0 heterocycles. The lowest BCUT2D eigenvalue weighted by Crippen LogP contribution is -2.27. The average molecular weight is 390 g/mol. The van der Waals surface area contributed by atoms with Gasteiger partial charge in [0, 0.05) is 9.47 Å². The molecule has 0 aromatic rings. The molecule has 0 aliphatic rings. The first-order chi connectivity index (χ1) is 9.88. The topological polar surface area (TPSA) is 105 Å². The number of rotatable bonds is 9. The highest BCUT2D eigenvalue weighted by Crippen LogP contribution is 2.51. The van der Waals surface area contributed by atoms with Gasteiger partial charge in [-0.15, -0.1) is 0 Å². The number of halogens is 3.